The van der Waals surface area contributed by atoms with Crippen molar-refractivity contribution in [2.24, 2.45) is 0 Å². The van der Waals surface area contributed by atoms with Crippen molar-refractivity contribution in [1.82, 2.24) is 9.78 Å². The first-order valence-electron chi connectivity index (χ1n) is 6.57. The highest BCUT2D eigenvalue weighted by Crippen LogP contribution is 2.33. The Morgan fingerprint density at radius 2 is 2.18 bits per heavy atom. The highest BCUT2D eigenvalue weighted by atomic mass is 32.2. The third kappa shape index (κ3) is 2.76. The molecule has 0 saturated heterocycles. The predicted molar refractivity (Wildman–Crippen MR) is 74.5 cm³/mol. The fourth-order valence-electron chi connectivity index (χ4n) is 2.28. The van der Waals surface area contributed by atoms with Crippen molar-refractivity contribution in [1.29, 1.82) is 0 Å². The van der Waals surface area contributed by atoms with Gasteiger partial charge in [0.05, 0.1) is 24.7 Å². The van der Waals surface area contributed by atoms with E-state index < -0.39 is 16.6 Å². The van der Waals surface area contributed by atoms with E-state index in [0.29, 0.717) is 17.0 Å². The first-order chi connectivity index (χ1) is 10.5. The van der Waals surface area contributed by atoms with Gasteiger partial charge in [0.1, 0.15) is 10.6 Å². The Morgan fingerprint density at radius 1 is 1.36 bits per heavy atom. The molecule has 0 fully saturated rings. The van der Waals surface area contributed by atoms with Gasteiger partial charge in [-0.15, -0.1) is 0 Å². The number of ether oxygens (including phenoxy) is 1. The van der Waals surface area contributed by atoms with Gasteiger partial charge in [-0.05, 0) is 24.5 Å². The summed E-state index contributed by atoms with van der Waals surface area (Å²) in [6.45, 7) is -2.38. The summed E-state index contributed by atoms with van der Waals surface area (Å²) in [4.78, 5) is -0.00510. The molecule has 6 nitrogen and oxygen atoms in total. The summed E-state index contributed by atoms with van der Waals surface area (Å²) < 4.78 is 57.9. The van der Waals surface area contributed by atoms with Gasteiger partial charge in [0.25, 0.3) is 10.0 Å². The van der Waals surface area contributed by atoms with Gasteiger partial charge < -0.3 is 4.74 Å². The van der Waals surface area contributed by atoms with E-state index in [1.807, 2.05) is 6.07 Å². The predicted octanol–water partition coefficient (Wildman–Crippen LogP) is 2.40. The zero-order valence-corrected chi connectivity index (χ0v) is 12.2. The van der Waals surface area contributed by atoms with Gasteiger partial charge in [0, 0.05) is 0 Å². The van der Waals surface area contributed by atoms with Crippen LogP contribution >= 0.6 is 0 Å². The van der Waals surface area contributed by atoms with Crippen LogP contribution in [0.15, 0.2) is 35.5 Å². The number of para-hydroxylation sites is 1. The van der Waals surface area contributed by atoms with Gasteiger partial charge in [-0.3, -0.25) is 4.72 Å². The van der Waals surface area contributed by atoms with Crippen molar-refractivity contribution in [3.8, 4) is 5.75 Å². The average molecular weight is 329 g/mol. The van der Waals surface area contributed by atoms with E-state index in [1.54, 1.807) is 6.07 Å². The lowest BCUT2D eigenvalue weighted by molar-refractivity contribution is 0.0566. The van der Waals surface area contributed by atoms with E-state index in [1.165, 1.54) is 6.07 Å². The van der Waals surface area contributed by atoms with Crippen LogP contribution < -0.4 is 9.46 Å². The maximum Gasteiger partial charge on any atom is 0.333 e. The van der Waals surface area contributed by atoms with Gasteiger partial charge in [-0.25, -0.2) is 13.1 Å². The Morgan fingerprint density at radius 3 is 2.91 bits per heavy atom. The van der Waals surface area contributed by atoms with Crippen molar-refractivity contribution in [2.45, 2.75) is 24.3 Å². The second kappa shape index (κ2) is 5.56. The zero-order valence-electron chi connectivity index (χ0n) is 11.4. The largest absolute Gasteiger partial charge is 0.492 e. The Balaban J connectivity index is 1.93. The lowest BCUT2D eigenvalue weighted by Crippen LogP contribution is -2.17. The molecule has 118 valence electrons. The minimum absolute atomic E-state index is 0.00510. The van der Waals surface area contributed by atoms with Crippen LogP contribution in [0.2, 0.25) is 0 Å². The number of nitrogens with zero attached hydrogens (tertiary/aromatic N) is 2. The number of fused-ring (bicyclic) bond motifs is 1. The van der Waals surface area contributed by atoms with Crippen molar-refractivity contribution in [3.05, 3.63) is 36.2 Å². The Bertz CT molecular complexity index is 790. The Kier molecular flexibility index (Phi) is 3.73. The van der Waals surface area contributed by atoms with E-state index in [0.717, 1.165) is 30.8 Å². The molecule has 3 rings (SSSR count). The minimum Gasteiger partial charge on any atom is -0.492 e. The van der Waals surface area contributed by atoms with E-state index in [-0.39, 0.29) is 10.6 Å². The number of nitrogens with one attached hydrogen (secondary N) is 1. The molecule has 1 N–H and O–H groups in total. The van der Waals surface area contributed by atoms with Crippen LogP contribution in [0.1, 0.15) is 18.5 Å². The monoisotopic (exact) mass is 329 g/mol. The van der Waals surface area contributed by atoms with Crippen molar-refractivity contribution < 1.29 is 21.9 Å². The van der Waals surface area contributed by atoms with Gasteiger partial charge in [-0.2, -0.15) is 13.9 Å². The third-order valence-corrected chi connectivity index (χ3v) is 4.65. The molecule has 1 aromatic heterocycles. The van der Waals surface area contributed by atoms with E-state index in [2.05, 4.69) is 9.82 Å². The number of sulfonamides is 1. The maximum absolute atomic E-state index is 12.5. The second-order valence-electron chi connectivity index (χ2n) is 4.79. The molecule has 2 aromatic rings. The summed E-state index contributed by atoms with van der Waals surface area (Å²) in [7, 11) is -3.94. The summed E-state index contributed by atoms with van der Waals surface area (Å²) in [6, 6.07) is 4.86. The summed E-state index contributed by atoms with van der Waals surface area (Å²) in [6.07, 6.45) is 3.52. The number of halogens is 2. The molecule has 0 amide bonds. The first kappa shape index (κ1) is 14.8. The zero-order chi connectivity index (χ0) is 15.7. The van der Waals surface area contributed by atoms with Crippen LogP contribution in [0.5, 0.6) is 5.75 Å². The standard InChI is InChI=1S/C13H13F2N3O3S/c14-13(15)18-8-10(7-16-18)17-22(19,20)11-5-1-3-9-4-2-6-21-12(9)11/h1,3,5,7-8,13,17H,2,4,6H2. The molecule has 1 aliphatic heterocycles. The lowest BCUT2D eigenvalue weighted by Gasteiger charge is -2.20. The summed E-state index contributed by atoms with van der Waals surface area (Å²) in [5, 5.41) is 3.39. The first-order valence-corrected chi connectivity index (χ1v) is 8.05. The molecule has 2 heterocycles. The van der Waals surface area contributed by atoms with E-state index in [4.69, 9.17) is 4.74 Å². The second-order valence-corrected chi connectivity index (χ2v) is 6.44. The molecule has 0 aliphatic carbocycles. The number of hydrogen-bond donors (Lipinski definition) is 1. The molecule has 1 aliphatic rings. The van der Waals surface area contributed by atoms with Crippen molar-refractivity contribution in [2.75, 3.05) is 11.3 Å². The molecule has 0 atom stereocenters. The summed E-state index contributed by atoms with van der Waals surface area (Å²) in [5.74, 6) is 0.322. The van der Waals surface area contributed by atoms with Crippen molar-refractivity contribution >= 4 is 15.7 Å². The van der Waals surface area contributed by atoms with Crippen LogP contribution in [0.3, 0.4) is 0 Å². The minimum atomic E-state index is -3.94. The molecule has 0 unspecified atom stereocenters. The Labute approximate surface area is 125 Å². The molecule has 0 bridgehead atoms. The van der Waals surface area contributed by atoms with Crippen LogP contribution in [0.25, 0.3) is 0 Å². The quantitative estimate of drug-likeness (QED) is 0.935. The van der Waals surface area contributed by atoms with Gasteiger partial charge in [-0.1, -0.05) is 12.1 Å². The molecule has 1 aromatic carbocycles. The van der Waals surface area contributed by atoms with E-state index >= 15 is 0 Å². The number of aromatic nitrogens is 2. The van der Waals surface area contributed by atoms with E-state index in [9.17, 15) is 17.2 Å². The fourth-order valence-corrected chi connectivity index (χ4v) is 3.50. The third-order valence-electron chi connectivity index (χ3n) is 3.24. The molecular formula is C13H13F2N3O3S. The SMILES string of the molecule is O=S(=O)(Nc1cnn(C(F)F)c1)c1cccc2c1OCCC2. The summed E-state index contributed by atoms with van der Waals surface area (Å²) >= 11 is 0. The highest BCUT2D eigenvalue weighted by Gasteiger charge is 2.24. The van der Waals surface area contributed by atoms with Crippen molar-refractivity contribution in [3.63, 3.8) is 0 Å². The highest BCUT2D eigenvalue weighted by molar-refractivity contribution is 7.92. The number of anilines is 1. The van der Waals surface area contributed by atoms with Crippen LogP contribution in [0.4, 0.5) is 14.5 Å². The molecule has 9 heteroatoms. The molecule has 0 spiro atoms. The summed E-state index contributed by atoms with van der Waals surface area (Å²) in [5.41, 5.74) is 0.783. The number of hydrogen-bond acceptors (Lipinski definition) is 4. The smallest absolute Gasteiger partial charge is 0.333 e. The Hall–Kier alpha value is -2.16. The van der Waals surface area contributed by atoms with Gasteiger partial charge in [0.2, 0.25) is 0 Å². The van der Waals surface area contributed by atoms with Crippen LogP contribution in [0, 0.1) is 0 Å². The number of rotatable bonds is 4. The van der Waals surface area contributed by atoms with Crippen LogP contribution in [-0.4, -0.2) is 24.8 Å². The average Bonchev–Trinajstić information content (AvgIpc) is 2.94. The number of alkyl halides is 2. The topological polar surface area (TPSA) is 73.2 Å². The molecule has 22 heavy (non-hydrogen) atoms. The number of benzene rings is 1. The lowest BCUT2D eigenvalue weighted by atomic mass is 10.1. The molecular weight excluding hydrogens is 316 g/mol. The van der Waals surface area contributed by atoms with Crippen LogP contribution in [-0.2, 0) is 16.4 Å². The normalized spacial score (nSPS) is 14.5. The number of aryl methyl sites for hydroxylation is 1. The molecule has 0 saturated carbocycles. The van der Waals surface area contributed by atoms with Gasteiger partial charge in [0.15, 0.2) is 0 Å². The van der Waals surface area contributed by atoms with Gasteiger partial charge >= 0.3 is 6.55 Å². The fraction of sp³-hybridized carbons (Fsp3) is 0.308. The molecule has 0 radical (unpaired) electrons. The maximum atomic E-state index is 12.5.